The minimum atomic E-state index is -0.622. The van der Waals surface area contributed by atoms with Gasteiger partial charge in [0.2, 0.25) is 0 Å². The van der Waals surface area contributed by atoms with Crippen LogP contribution >= 0.6 is 0 Å². The lowest BCUT2D eigenvalue weighted by Crippen LogP contribution is -2.62. The van der Waals surface area contributed by atoms with Crippen LogP contribution in [0.15, 0.2) is 30.3 Å². The van der Waals surface area contributed by atoms with Crippen molar-refractivity contribution in [3.8, 4) is 0 Å². The minimum Gasteiger partial charge on any atom is -0.455 e. The topological polar surface area (TPSA) is 84.5 Å². The van der Waals surface area contributed by atoms with Crippen molar-refractivity contribution >= 4 is 17.9 Å². The molecular weight excluding hydrogens is 368 g/mol. The summed E-state index contributed by atoms with van der Waals surface area (Å²) in [6.07, 6.45) is 8.40. The zero-order valence-electron chi connectivity index (χ0n) is 16.6. The number of carbonyl (C=O) groups excluding carboxylic acids is 3. The molecule has 6 heteroatoms. The molecule has 4 bridgehead atoms. The summed E-state index contributed by atoms with van der Waals surface area (Å²) in [6.45, 7) is -0.429. The maximum Gasteiger partial charge on any atom is 0.321 e. The van der Waals surface area contributed by atoms with E-state index in [1.807, 2.05) is 30.3 Å². The highest BCUT2D eigenvalue weighted by molar-refractivity contribution is 5.96. The molecule has 5 fully saturated rings. The maximum atomic E-state index is 12.5. The van der Waals surface area contributed by atoms with E-state index in [1.54, 1.807) is 0 Å². The van der Waals surface area contributed by atoms with Gasteiger partial charge in [-0.25, -0.2) is 4.79 Å². The highest BCUT2D eigenvalue weighted by Gasteiger charge is 2.53. The number of esters is 1. The number of hydrogen-bond donors (Lipinski definition) is 2. The number of benzene rings is 1. The van der Waals surface area contributed by atoms with E-state index in [4.69, 9.17) is 4.74 Å². The molecule has 5 saturated carbocycles. The molecule has 0 aromatic heterocycles. The smallest absolute Gasteiger partial charge is 0.321 e. The first-order valence-electron chi connectivity index (χ1n) is 10.8. The lowest BCUT2D eigenvalue weighted by molar-refractivity contribution is -0.150. The lowest BCUT2D eigenvalue weighted by Gasteiger charge is -2.56. The van der Waals surface area contributed by atoms with E-state index in [0.717, 1.165) is 37.7 Å². The molecule has 0 heterocycles. The quantitative estimate of drug-likeness (QED) is 0.749. The van der Waals surface area contributed by atoms with Crippen molar-refractivity contribution < 1.29 is 19.1 Å². The lowest BCUT2D eigenvalue weighted by atomic mass is 9.53. The van der Waals surface area contributed by atoms with Gasteiger partial charge in [0.1, 0.15) is 0 Å². The van der Waals surface area contributed by atoms with Crippen molar-refractivity contribution in [2.75, 3.05) is 6.61 Å². The van der Waals surface area contributed by atoms with Crippen LogP contribution in [0.1, 0.15) is 56.9 Å². The molecule has 0 saturated heterocycles. The van der Waals surface area contributed by atoms with Crippen LogP contribution in [0.2, 0.25) is 0 Å². The minimum absolute atomic E-state index is 0.152. The number of ether oxygens (including phenoxy) is 1. The Kier molecular flexibility index (Phi) is 4.41. The van der Waals surface area contributed by atoms with Crippen molar-refractivity contribution in [1.29, 1.82) is 0 Å². The van der Waals surface area contributed by atoms with E-state index in [-0.39, 0.29) is 11.5 Å². The number of nitrogens with one attached hydrogen (secondary N) is 2. The Bertz CT molecular complexity index is 795. The van der Waals surface area contributed by atoms with Gasteiger partial charge in [0.15, 0.2) is 6.61 Å². The normalized spacial score (nSPS) is 33.0. The van der Waals surface area contributed by atoms with Crippen molar-refractivity contribution in [2.24, 2.45) is 17.8 Å². The summed E-state index contributed by atoms with van der Waals surface area (Å²) >= 11 is 0. The third-order valence-electron chi connectivity index (χ3n) is 7.47. The largest absolute Gasteiger partial charge is 0.455 e. The van der Waals surface area contributed by atoms with Gasteiger partial charge < -0.3 is 10.1 Å². The zero-order chi connectivity index (χ0) is 20.1. The van der Waals surface area contributed by atoms with E-state index in [1.165, 1.54) is 19.3 Å². The molecule has 1 aromatic rings. The van der Waals surface area contributed by atoms with Crippen molar-refractivity contribution in [2.45, 2.75) is 62.3 Å². The maximum absolute atomic E-state index is 12.5. The van der Waals surface area contributed by atoms with Gasteiger partial charge in [-0.1, -0.05) is 30.3 Å². The summed E-state index contributed by atoms with van der Waals surface area (Å²) in [5.74, 6) is 1.17. The first-order valence-corrected chi connectivity index (χ1v) is 10.8. The SMILES string of the molecule is O=C(COC(=O)C1(c2ccccc2)CC1)NC(=O)NC12CC3CC(CC(C3)C1)C2. The summed E-state index contributed by atoms with van der Waals surface area (Å²) < 4.78 is 5.25. The fraction of sp³-hybridized carbons (Fsp3) is 0.609. The van der Waals surface area contributed by atoms with Gasteiger partial charge in [-0.2, -0.15) is 0 Å². The molecule has 0 unspecified atom stereocenters. The van der Waals surface area contributed by atoms with E-state index in [2.05, 4.69) is 10.6 Å². The fourth-order valence-corrected chi connectivity index (χ4v) is 6.46. The number of rotatable bonds is 5. The molecule has 29 heavy (non-hydrogen) atoms. The monoisotopic (exact) mass is 396 g/mol. The van der Waals surface area contributed by atoms with Gasteiger partial charge in [0.05, 0.1) is 5.41 Å². The summed E-state index contributed by atoms with van der Waals surface area (Å²) in [6, 6.07) is 9.05. The van der Waals surface area contributed by atoms with Gasteiger partial charge in [-0.05, 0) is 74.7 Å². The van der Waals surface area contributed by atoms with E-state index in [0.29, 0.717) is 17.8 Å². The summed E-state index contributed by atoms with van der Waals surface area (Å²) in [5, 5.41) is 5.46. The molecule has 3 amide bonds. The molecule has 0 atom stereocenters. The highest BCUT2D eigenvalue weighted by Crippen LogP contribution is 2.55. The Balaban J connectivity index is 1.12. The van der Waals surface area contributed by atoms with E-state index >= 15 is 0 Å². The van der Waals surface area contributed by atoms with Gasteiger partial charge in [0.25, 0.3) is 5.91 Å². The predicted octanol–water partition coefficient (Wildman–Crippen LogP) is 3.06. The first kappa shape index (κ1) is 18.6. The molecule has 6 rings (SSSR count). The number of imide groups is 1. The van der Waals surface area contributed by atoms with Crippen LogP contribution in [0.25, 0.3) is 0 Å². The number of carbonyl (C=O) groups is 3. The number of hydrogen-bond acceptors (Lipinski definition) is 4. The summed E-state index contributed by atoms with van der Waals surface area (Å²) in [4.78, 5) is 37.1. The zero-order valence-corrected chi connectivity index (χ0v) is 16.6. The van der Waals surface area contributed by atoms with Crippen LogP contribution in [-0.2, 0) is 19.7 Å². The number of amides is 3. The van der Waals surface area contributed by atoms with Gasteiger partial charge >= 0.3 is 12.0 Å². The van der Waals surface area contributed by atoms with Crippen LogP contribution in [0, 0.1) is 17.8 Å². The average Bonchev–Trinajstić information content (AvgIpc) is 3.47. The van der Waals surface area contributed by atoms with Crippen LogP contribution in [0.5, 0.6) is 0 Å². The average molecular weight is 396 g/mol. The molecule has 0 aliphatic heterocycles. The molecular formula is C23H28N2O4. The first-order chi connectivity index (χ1) is 14.0. The second-order valence-electron chi connectivity index (χ2n) is 9.72. The third kappa shape index (κ3) is 3.53. The van der Waals surface area contributed by atoms with Crippen LogP contribution in [0.4, 0.5) is 4.79 Å². The highest BCUT2D eigenvalue weighted by atomic mass is 16.5. The molecule has 6 nitrogen and oxygen atoms in total. The predicted molar refractivity (Wildman–Crippen MR) is 106 cm³/mol. The number of urea groups is 1. The van der Waals surface area contributed by atoms with Crippen LogP contribution in [-0.4, -0.2) is 30.1 Å². The Morgan fingerprint density at radius 2 is 1.52 bits per heavy atom. The molecule has 154 valence electrons. The van der Waals surface area contributed by atoms with E-state index in [9.17, 15) is 14.4 Å². The second-order valence-corrected chi connectivity index (χ2v) is 9.72. The van der Waals surface area contributed by atoms with Crippen LogP contribution < -0.4 is 10.6 Å². The van der Waals surface area contributed by atoms with Crippen molar-refractivity contribution in [3.63, 3.8) is 0 Å². The van der Waals surface area contributed by atoms with Gasteiger partial charge in [0, 0.05) is 5.54 Å². The summed E-state index contributed by atoms with van der Waals surface area (Å²) in [5.41, 5.74) is 0.148. The fourth-order valence-electron chi connectivity index (χ4n) is 6.46. The van der Waals surface area contributed by atoms with Crippen molar-refractivity contribution in [3.05, 3.63) is 35.9 Å². The van der Waals surface area contributed by atoms with Crippen LogP contribution in [0.3, 0.4) is 0 Å². The van der Waals surface area contributed by atoms with Gasteiger partial charge in [-0.3, -0.25) is 14.9 Å². The third-order valence-corrected chi connectivity index (χ3v) is 7.47. The Labute approximate surface area is 170 Å². The molecule has 5 aliphatic carbocycles. The summed E-state index contributed by atoms with van der Waals surface area (Å²) in [7, 11) is 0. The molecule has 2 N–H and O–H groups in total. The molecule has 0 spiro atoms. The Morgan fingerprint density at radius 1 is 0.931 bits per heavy atom. The molecule has 1 aromatic carbocycles. The Hall–Kier alpha value is -2.37. The second kappa shape index (κ2) is 6.85. The van der Waals surface area contributed by atoms with E-state index < -0.39 is 24.0 Å². The molecule has 5 aliphatic rings. The van der Waals surface area contributed by atoms with Gasteiger partial charge in [-0.15, -0.1) is 0 Å². The Morgan fingerprint density at radius 3 is 2.07 bits per heavy atom. The van der Waals surface area contributed by atoms with Crippen molar-refractivity contribution in [1.82, 2.24) is 10.6 Å². The molecule has 0 radical (unpaired) electrons. The standard InChI is InChI=1S/C23H28N2O4/c26-19(14-29-20(27)23(6-7-23)18-4-2-1-3-5-18)24-21(28)25-22-11-15-8-16(12-22)10-17(9-15)13-22/h1-5,15-17H,6-14H2,(H2,24,25,26,28).